The van der Waals surface area contributed by atoms with Crippen LogP contribution in [0.1, 0.15) is 23.7 Å². The van der Waals surface area contributed by atoms with Gasteiger partial charge in [0.2, 0.25) is 0 Å². The summed E-state index contributed by atoms with van der Waals surface area (Å²) in [5.74, 6) is -0.278. The highest BCUT2D eigenvalue weighted by Crippen LogP contribution is 2.16. The molecule has 0 saturated carbocycles. The molecule has 0 spiro atoms. The lowest BCUT2D eigenvalue weighted by atomic mass is 10.1. The predicted molar refractivity (Wildman–Crippen MR) is 58.5 cm³/mol. The number of alkyl halides is 2. The minimum absolute atomic E-state index is 0.0265. The van der Waals surface area contributed by atoms with Crippen molar-refractivity contribution in [2.45, 2.75) is 20.0 Å². The normalized spacial score (nSPS) is 10.6. The van der Waals surface area contributed by atoms with E-state index in [0.717, 1.165) is 6.42 Å². The molecule has 1 aromatic rings. The molecule has 0 aromatic heterocycles. The summed E-state index contributed by atoms with van der Waals surface area (Å²) in [5.41, 5.74) is 0.305. The molecule has 0 fully saturated rings. The minimum atomic E-state index is -2.89. The van der Waals surface area contributed by atoms with E-state index in [-0.39, 0.29) is 18.1 Å². The average Bonchev–Trinajstić information content (AvgIpc) is 2.28. The van der Waals surface area contributed by atoms with Crippen LogP contribution < -0.4 is 4.74 Å². The second-order valence-corrected chi connectivity index (χ2v) is 3.38. The second-order valence-electron chi connectivity index (χ2n) is 3.38. The molecule has 94 valence electrons. The smallest absolute Gasteiger partial charge is 0.387 e. The molecule has 3 nitrogen and oxygen atoms in total. The SMILES string of the molecule is CCCOCC(=O)c1cccc(OC(F)F)c1. The molecule has 0 aliphatic carbocycles. The number of ether oxygens (including phenoxy) is 2. The number of rotatable bonds is 7. The minimum Gasteiger partial charge on any atom is -0.435 e. The zero-order valence-electron chi connectivity index (χ0n) is 9.49. The fourth-order valence-corrected chi connectivity index (χ4v) is 1.24. The van der Waals surface area contributed by atoms with Gasteiger partial charge in [0.05, 0.1) is 0 Å². The van der Waals surface area contributed by atoms with Gasteiger partial charge < -0.3 is 9.47 Å². The van der Waals surface area contributed by atoms with Gasteiger partial charge in [0, 0.05) is 12.2 Å². The molecule has 0 radical (unpaired) electrons. The van der Waals surface area contributed by atoms with Gasteiger partial charge in [-0.15, -0.1) is 0 Å². The van der Waals surface area contributed by atoms with Crippen LogP contribution in [0.5, 0.6) is 5.75 Å². The van der Waals surface area contributed by atoms with Crippen molar-refractivity contribution < 1.29 is 23.0 Å². The zero-order valence-corrected chi connectivity index (χ0v) is 9.49. The van der Waals surface area contributed by atoms with Crippen LogP contribution in [-0.4, -0.2) is 25.6 Å². The van der Waals surface area contributed by atoms with Crippen LogP contribution in [0, 0.1) is 0 Å². The molecule has 0 atom stereocenters. The molecule has 0 bridgehead atoms. The van der Waals surface area contributed by atoms with Crippen LogP contribution in [0.25, 0.3) is 0 Å². The van der Waals surface area contributed by atoms with Gasteiger partial charge in [-0.3, -0.25) is 4.79 Å². The summed E-state index contributed by atoms with van der Waals surface area (Å²) < 4.78 is 33.2. The van der Waals surface area contributed by atoms with E-state index in [1.54, 1.807) is 0 Å². The maximum Gasteiger partial charge on any atom is 0.387 e. The molecule has 0 heterocycles. The number of benzene rings is 1. The monoisotopic (exact) mass is 244 g/mol. The number of carbonyl (C=O) groups excluding carboxylic acids is 1. The van der Waals surface area contributed by atoms with Gasteiger partial charge in [-0.1, -0.05) is 19.1 Å². The lowest BCUT2D eigenvalue weighted by Gasteiger charge is -2.06. The Bertz CT molecular complexity index is 367. The van der Waals surface area contributed by atoms with Gasteiger partial charge in [0.25, 0.3) is 0 Å². The first-order chi connectivity index (χ1) is 8.13. The third kappa shape index (κ3) is 4.91. The number of ketones is 1. The van der Waals surface area contributed by atoms with Crippen molar-refractivity contribution in [2.24, 2.45) is 0 Å². The van der Waals surface area contributed by atoms with Crippen LogP contribution in [-0.2, 0) is 4.74 Å². The Hall–Kier alpha value is -1.49. The lowest BCUT2D eigenvalue weighted by Crippen LogP contribution is -2.10. The maximum absolute atomic E-state index is 12.0. The highest BCUT2D eigenvalue weighted by molar-refractivity contribution is 5.97. The third-order valence-electron chi connectivity index (χ3n) is 1.96. The van der Waals surface area contributed by atoms with E-state index in [0.29, 0.717) is 12.2 Å². The van der Waals surface area contributed by atoms with Gasteiger partial charge in [-0.2, -0.15) is 8.78 Å². The molecule has 0 saturated heterocycles. The average molecular weight is 244 g/mol. The van der Waals surface area contributed by atoms with Crippen LogP contribution in [0.3, 0.4) is 0 Å². The Morgan fingerprint density at radius 2 is 2.18 bits per heavy atom. The van der Waals surface area contributed by atoms with Gasteiger partial charge in [-0.05, 0) is 18.6 Å². The van der Waals surface area contributed by atoms with E-state index in [4.69, 9.17) is 4.74 Å². The van der Waals surface area contributed by atoms with Crippen LogP contribution in [0.15, 0.2) is 24.3 Å². The molecular weight excluding hydrogens is 230 g/mol. The van der Waals surface area contributed by atoms with E-state index in [1.807, 2.05) is 6.92 Å². The fraction of sp³-hybridized carbons (Fsp3) is 0.417. The van der Waals surface area contributed by atoms with Gasteiger partial charge in [-0.25, -0.2) is 0 Å². The molecule has 0 aliphatic heterocycles. The number of carbonyl (C=O) groups is 1. The first-order valence-electron chi connectivity index (χ1n) is 5.29. The fourth-order valence-electron chi connectivity index (χ4n) is 1.24. The summed E-state index contributed by atoms with van der Waals surface area (Å²) in [6.07, 6.45) is 0.821. The Labute approximate surface area is 98.3 Å². The molecule has 17 heavy (non-hydrogen) atoms. The summed E-state index contributed by atoms with van der Waals surface area (Å²) in [4.78, 5) is 11.6. The largest absolute Gasteiger partial charge is 0.435 e. The topological polar surface area (TPSA) is 35.5 Å². The van der Waals surface area contributed by atoms with E-state index in [1.165, 1.54) is 24.3 Å². The lowest BCUT2D eigenvalue weighted by molar-refractivity contribution is -0.0498. The first kappa shape index (κ1) is 13.6. The Balaban J connectivity index is 2.60. The van der Waals surface area contributed by atoms with Crippen molar-refractivity contribution in [3.8, 4) is 5.75 Å². The molecule has 0 aliphatic rings. The summed E-state index contributed by atoms with van der Waals surface area (Å²) >= 11 is 0. The zero-order chi connectivity index (χ0) is 12.7. The predicted octanol–water partition coefficient (Wildman–Crippen LogP) is 2.90. The number of halogens is 2. The molecular formula is C12H14F2O3. The highest BCUT2D eigenvalue weighted by Gasteiger charge is 2.09. The van der Waals surface area contributed by atoms with Gasteiger partial charge in [0.1, 0.15) is 12.4 Å². The Morgan fingerprint density at radius 3 is 2.82 bits per heavy atom. The standard InChI is InChI=1S/C12H14F2O3/c1-2-6-16-8-11(15)9-4-3-5-10(7-9)17-12(13)14/h3-5,7,12H,2,6,8H2,1H3. The number of Topliss-reactive ketones (excluding diaryl/α,β-unsaturated/α-hetero) is 1. The van der Waals surface area contributed by atoms with Crippen molar-refractivity contribution in [1.29, 1.82) is 0 Å². The van der Waals surface area contributed by atoms with Crippen LogP contribution in [0.2, 0.25) is 0 Å². The van der Waals surface area contributed by atoms with Gasteiger partial charge in [0.15, 0.2) is 5.78 Å². The number of hydrogen-bond donors (Lipinski definition) is 0. The summed E-state index contributed by atoms with van der Waals surface area (Å²) in [6, 6.07) is 5.68. The molecule has 1 rings (SSSR count). The molecule has 1 aromatic carbocycles. The molecule has 0 unspecified atom stereocenters. The first-order valence-corrected chi connectivity index (χ1v) is 5.29. The highest BCUT2D eigenvalue weighted by atomic mass is 19.3. The maximum atomic E-state index is 12.0. The molecule has 0 N–H and O–H groups in total. The van der Waals surface area contributed by atoms with E-state index in [9.17, 15) is 13.6 Å². The van der Waals surface area contributed by atoms with Crippen LogP contribution >= 0.6 is 0 Å². The molecule has 0 amide bonds. The van der Waals surface area contributed by atoms with Gasteiger partial charge >= 0.3 is 6.61 Å². The molecule has 5 heteroatoms. The summed E-state index contributed by atoms with van der Waals surface area (Å²) in [7, 11) is 0. The summed E-state index contributed by atoms with van der Waals surface area (Å²) in [6.45, 7) is -0.510. The van der Waals surface area contributed by atoms with Crippen molar-refractivity contribution in [2.75, 3.05) is 13.2 Å². The van der Waals surface area contributed by atoms with Crippen molar-refractivity contribution >= 4 is 5.78 Å². The Morgan fingerprint density at radius 1 is 1.41 bits per heavy atom. The van der Waals surface area contributed by atoms with Crippen LogP contribution in [0.4, 0.5) is 8.78 Å². The van der Waals surface area contributed by atoms with E-state index < -0.39 is 6.61 Å². The number of hydrogen-bond acceptors (Lipinski definition) is 3. The van der Waals surface area contributed by atoms with Crippen molar-refractivity contribution in [3.63, 3.8) is 0 Å². The van der Waals surface area contributed by atoms with E-state index in [2.05, 4.69) is 4.74 Å². The quantitative estimate of drug-likeness (QED) is 0.546. The third-order valence-corrected chi connectivity index (χ3v) is 1.96. The van der Waals surface area contributed by atoms with Crippen molar-refractivity contribution in [1.82, 2.24) is 0 Å². The second kappa shape index (κ2) is 6.96. The van der Waals surface area contributed by atoms with Crippen molar-refractivity contribution in [3.05, 3.63) is 29.8 Å². The summed E-state index contributed by atoms with van der Waals surface area (Å²) in [5, 5.41) is 0. The Kier molecular flexibility index (Phi) is 5.56. The van der Waals surface area contributed by atoms with E-state index >= 15 is 0 Å².